The highest BCUT2D eigenvalue weighted by Gasteiger charge is 2.34. The van der Waals surface area contributed by atoms with Crippen LogP contribution in [0.2, 0.25) is 0 Å². The Kier molecular flexibility index (Phi) is 9.71. The summed E-state index contributed by atoms with van der Waals surface area (Å²) in [6, 6.07) is 26.1. The van der Waals surface area contributed by atoms with Crippen molar-refractivity contribution in [2.24, 2.45) is 0 Å². The molecule has 2 N–H and O–H groups in total. The van der Waals surface area contributed by atoms with Gasteiger partial charge in [-0.25, -0.2) is 23.1 Å². The van der Waals surface area contributed by atoms with Crippen LogP contribution in [0.4, 0.5) is 5.95 Å². The highest BCUT2D eigenvalue weighted by atomic mass is 32.2. The SMILES string of the molecule is O=S(=O)(NCc1ccc(C2OC(CN3CCN(c4ncccn4)CC3)CC(c3ccc(CO)cc3)O2)cc1)c1cccc2cccnc12. The van der Waals surface area contributed by atoms with Crippen molar-refractivity contribution < 1.29 is 23.0 Å². The van der Waals surface area contributed by atoms with Gasteiger partial charge in [0.25, 0.3) is 0 Å². The highest BCUT2D eigenvalue weighted by Crippen LogP contribution is 2.38. The number of fused-ring (bicyclic) bond motifs is 1. The van der Waals surface area contributed by atoms with Crippen molar-refractivity contribution in [1.82, 2.24) is 24.6 Å². The highest BCUT2D eigenvalue weighted by molar-refractivity contribution is 7.89. The van der Waals surface area contributed by atoms with E-state index in [1.807, 2.05) is 66.7 Å². The number of aromatic nitrogens is 3. The van der Waals surface area contributed by atoms with Gasteiger partial charge in [-0.3, -0.25) is 9.88 Å². The van der Waals surface area contributed by atoms with Gasteiger partial charge in [-0.05, 0) is 34.9 Å². The maximum absolute atomic E-state index is 13.2. The molecule has 12 heteroatoms. The summed E-state index contributed by atoms with van der Waals surface area (Å²) in [6.45, 7) is 4.30. The van der Waals surface area contributed by atoms with Crippen molar-refractivity contribution in [1.29, 1.82) is 0 Å². The average molecular weight is 667 g/mol. The molecule has 4 heterocycles. The predicted octanol–water partition coefficient (Wildman–Crippen LogP) is 4.36. The zero-order chi connectivity index (χ0) is 32.9. The number of sulfonamides is 1. The summed E-state index contributed by atoms with van der Waals surface area (Å²) in [7, 11) is -3.79. The number of ether oxygens (including phenoxy) is 2. The van der Waals surface area contributed by atoms with E-state index >= 15 is 0 Å². The van der Waals surface area contributed by atoms with Gasteiger partial charge in [0.2, 0.25) is 16.0 Å². The second-order valence-electron chi connectivity index (χ2n) is 12.1. The predicted molar refractivity (Wildman–Crippen MR) is 181 cm³/mol. The summed E-state index contributed by atoms with van der Waals surface area (Å²) in [4.78, 5) is 17.9. The van der Waals surface area contributed by atoms with Crippen molar-refractivity contribution in [2.75, 3.05) is 37.6 Å². The molecule has 0 bridgehead atoms. The second-order valence-corrected chi connectivity index (χ2v) is 13.8. The van der Waals surface area contributed by atoms with E-state index in [9.17, 15) is 13.5 Å². The molecule has 0 saturated carbocycles. The van der Waals surface area contributed by atoms with Crippen LogP contribution < -0.4 is 9.62 Å². The molecule has 2 aromatic heterocycles. The van der Waals surface area contributed by atoms with Crippen LogP contribution in [0, 0.1) is 0 Å². The molecule has 3 unspecified atom stereocenters. The quantitative estimate of drug-likeness (QED) is 0.222. The molecule has 11 nitrogen and oxygen atoms in total. The van der Waals surface area contributed by atoms with Crippen molar-refractivity contribution in [3.63, 3.8) is 0 Å². The monoisotopic (exact) mass is 666 g/mol. The summed E-state index contributed by atoms with van der Waals surface area (Å²) in [5.41, 5.74) is 3.98. The minimum Gasteiger partial charge on any atom is -0.392 e. The van der Waals surface area contributed by atoms with Gasteiger partial charge in [0.05, 0.1) is 24.3 Å². The Bertz CT molecular complexity index is 1920. The van der Waals surface area contributed by atoms with Crippen LogP contribution in [-0.4, -0.2) is 72.2 Å². The second kappa shape index (κ2) is 14.4. The zero-order valence-electron chi connectivity index (χ0n) is 26.4. The molecule has 2 fully saturated rings. The number of para-hydroxylation sites is 1. The first-order chi connectivity index (χ1) is 23.4. The van der Waals surface area contributed by atoms with Gasteiger partial charge < -0.3 is 19.5 Å². The van der Waals surface area contributed by atoms with E-state index in [-0.39, 0.29) is 30.3 Å². The third-order valence-corrected chi connectivity index (χ3v) is 10.3. The minimum absolute atomic E-state index is 0.0124. The van der Waals surface area contributed by atoms with Gasteiger partial charge in [-0.15, -0.1) is 0 Å². The largest absolute Gasteiger partial charge is 0.392 e. The summed E-state index contributed by atoms with van der Waals surface area (Å²) in [5, 5.41) is 10.3. The van der Waals surface area contributed by atoms with Gasteiger partial charge in [-0.1, -0.05) is 66.7 Å². The molecule has 2 aliphatic heterocycles. The molecule has 3 atom stereocenters. The topological polar surface area (TPSA) is 130 Å². The Morgan fingerprint density at radius 1 is 0.771 bits per heavy atom. The first kappa shape index (κ1) is 32.3. The molecule has 5 aromatic rings. The third-order valence-electron chi connectivity index (χ3n) is 8.89. The Balaban J connectivity index is 1.03. The van der Waals surface area contributed by atoms with E-state index < -0.39 is 16.3 Å². The van der Waals surface area contributed by atoms with Crippen LogP contribution in [0.25, 0.3) is 10.9 Å². The molecule has 7 rings (SSSR count). The van der Waals surface area contributed by atoms with Crippen LogP contribution in [0.15, 0.2) is 108 Å². The van der Waals surface area contributed by atoms with E-state index in [4.69, 9.17) is 9.47 Å². The van der Waals surface area contributed by atoms with Crippen molar-refractivity contribution in [3.8, 4) is 0 Å². The van der Waals surface area contributed by atoms with Crippen molar-refractivity contribution in [3.05, 3.63) is 126 Å². The first-order valence-electron chi connectivity index (χ1n) is 16.1. The minimum atomic E-state index is -3.79. The number of piperazine rings is 1. The molecule has 48 heavy (non-hydrogen) atoms. The lowest BCUT2D eigenvalue weighted by Gasteiger charge is -2.40. The summed E-state index contributed by atoms with van der Waals surface area (Å²) in [5.74, 6) is 0.757. The lowest BCUT2D eigenvalue weighted by molar-refractivity contribution is -0.253. The van der Waals surface area contributed by atoms with E-state index in [1.165, 1.54) is 0 Å². The van der Waals surface area contributed by atoms with E-state index in [2.05, 4.69) is 29.5 Å². The molecule has 0 amide bonds. The number of hydrogen-bond acceptors (Lipinski definition) is 10. The van der Waals surface area contributed by atoms with Crippen molar-refractivity contribution in [2.45, 2.75) is 43.0 Å². The fourth-order valence-corrected chi connectivity index (χ4v) is 7.44. The first-order valence-corrected chi connectivity index (χ1v) is 17.6. The van der Waals surface area contributed by atoms with Gasteiger partial charge >= 0.3 is 0 Å². The van der Waals surface area contributed by atoms with Gasteiger partial charge in [0, 0.05) is 75.2 Å². The molecule has 0 spiro atoms. The Morgan fingerprint density at radius 2 is 1.46 bits per heavy atom. The average Bonchev–Trinajstić information content (AvgIpc) is 3.14. The van der Waals surface area contributed by atoms with Crippen LogP contribution in [0.3, 0.4) is 0 Å². The molecule has 3 aromatic carbocycles. The van der Waals surface area contributed by atoms with Crippen LogP contribution in [-0.2, 0) is 32.6 Å². The number of nitrogens with zero attached hydrogens (tertiary/aromatic N) is 5. The van der Waals surface area contributed by atoms with Gasteiger partial charge in [0.1, 0.15) is 4.90 Å². The number of aliphatic hydroxyl groups excluding tert-OH is 1. The molecule has 248 valence electrons. The Labute approximate surface area is 280 Å². The molecule has 2 aliphatic rings. The molecular weight excluding hydrogens is 629 g/mol. The summed E-state index contributed by atoms with van der Waals surface area (Å²) in [6.07, 6.45) is 4.96. The van der Waals surface area contributed by atoms with Crippen LogP contribution in [0.5, 0.6) is 0 Å². The van der Waals surface area contributed by atoms with Gasteiger partial charge in [0.15, 0.2) is 6.29 Å². The number of pyridine rings is 1. The molecule has 0 radical (unpaired) electrons. The lowest BCUT2D eigenvalue weighted by Crippen LogP contribution is -2.50. The summed E-state index contributed by atoms with van der Waals surface area (Å²) < 4.78 is 42.3. The van der Waals surface area contributed by atoms with Gasteiger partial charge in [-0.2, -0.15) is 0 Å². The number of aliphatic hydroxyl groups is 1. The fourth-order valence-electron chi connectivity index (χ4n) is 6.25. The normalized spacial score (nSPS) is 20.6. The smallest absolute Gasteiger partial charge is 0.243 e. The summed E-state index contributed by atoms with van der Waals surface area (Å²) >= 11 is 0. The van der Waals surface area contributed by atoms with Crippen molar-refractivity contribution >= 4 is 26.9 Å². The molecule has 0 aliphatic carbocycles. The number of hydrogen-bond donors (Lipinski definition) is 2. The van der Waals surface area contributed by atoms with E-state index in [0.717, 1.165) is 66.3 Å². The number of anilines is 1. The Hall–Kier alpha value is -4.30. The van der Waals surface area contributed by atoms with Crippen LogP contribution >= 0.6 is 0 Å². The maximum atomic E-state index is 13.2. The standard InChI is InChI=1S/C36H38N6O5S/c43-25-27-9-11-28(12-10-27)32-22-31(24-41-18-20-42(21-19-41)36-38-16-3-17-39-36)46-35(47-32)30-13-7-26(8-14-30)23-40-48(44,45)33-6-1-4-29-5-2-15-37-34(29)33/h1-17,31-32,35,40,43H,18-25H2. The lowest BCUT2D eigenvalue weighted by atomic mass is 9.99. The number of nitrogens with one attached hydrogen (secondary N) is 1. The molecular formula is C36H38N6O5S. The maximum Gasteiger partial charge on any atom is 0.243 e. The fraction of sp³-hybridized carbons (Fsp3) is 0.306. The third kappa shape index (κ3) is 7.39. The van der Waals surface area contributed by atoms with E-state index in [0.29, 0.717) is 11.9 Å². The molecule has 2 saturated heterocycles. The zero-order valence-corrected chi connectivity index (χ0v) is 27.2. The number of benzene rings is 3. The van der Waals surface area contributed by atoms with Crippen LogP contribution in [0.1, 0.15) is 41.1 Å². The Morgan fingerprint density at radius 3 is 2.21 bits per heavy atom. The number of rotatable bonds is 10. The van der Waals surface area contributed by atoms with E-state index in [1.54, 1.807) is 36.8 Å².